The number of hydrogen-bond acceptors (Lipinski definition) is 3. The molecule has 0 radical (unpaired) electrons. The van der Waals surface area contributed by atoms with Crippen molar-refractivity contribution < 1.29 is 27.4 Å². The van der Waals surface area contributed by atoms with Crippen molar-refractivity contribution in [1.82, 2.24) is 0 Å². The highest BCUT2D eigenvalue weighted by Gasteiger charge is 2.25. The van der Waals surface area contributed by atoms with Gasteiger partial charge in [0.05, 0.1) is 7.11 Å². The molecule has 0 N–H and O–H groups in total. The number of hydrogen-bond donors (Lipinski definition) is 0. The molecule has 3 rings (SSSR count). The third-order valence-electron chi connectivity index (χ3n) is 3.96. The fraction of sp³-hybridized carbons (Fsp3) is 0.0952. The average Bonchev–Trinajstić information content (AvgIpc) is 2.66. The van der Waals surface area contributed by atoms with E-state index in [4.69, 9.17) is 9.47 Å². The summed E-state index contributed by atoms with van der Waals surface area (Å²) in [5, 5.41) is 0. The van der Waals surface area contributed by atoms with Crippen molar-refractivity contribution in [3.05, 3.63) is 101 Å². The lowest BCUT2D eigenvalue weighted by atomic mass is 10.0. The van der Waals surface area contributed by atoms with Crippen LogP contribution in [0.4, 0.5) is 13.2 Å². The maximum Gasteiger partial charge on any atom is 0.345 e. The van der Waals surface area contributed by atoms with Gasteiger partial charge in [-0.2, -0.15) is 0 Å². The molecule has 3 aromatic carbocycles. The summed E-state index contributed by atoms with van der Waals surface area (Å²) in [7, 11) is 1.52. The van der Waals surface area contributed by atoms with Crippen LogP contribution >= 0.6 is 0 Å². The monoisotopic (exact) mass is 372 g/mol. The second-order valence-electron chi connectivity index (χ2n) is 5.71. The molecule has 0 saturated heterocycles. The van der Waals surface area contributed by atoms with Gasteiger partial charge in [0.2, 0.25) is 0 Å². The van der Waals surface area contributed by atoms with Crippen LogP contribution in [0.5, 0.6) is 5.75 Å². The SMILES string of the molecule is COc1ccc(C(OC(=O)c2c(F)cc(F)cc2F)c2ccccc2)cc1. The highest BCUT2D eigenvalue weighted by molar-refractivity contribution is 5.90. The average molecular weight is 372 g/mol. The van der Waals surface area contributed by atoms with E-state index in [1.807, 2.05) is 0 Å². The third kappa shape index (κ3) is 4.11. The maximum atomic E-state index is 13.9. The summed E-state index contributed by atoms with van der Waals surface area (Å²) >= 11 is 0. The number of carbonyl (C=O) groups excluding carboxylic acids is 1. The quantitative estimate of drug-likeness (QED) is 0.588. The standard InChI is InChI=1S/C21H15F3O3/c1-26-16-9-7-14(8-10-16)20(13-5-3-2-4-6-13)27-21(25)19-17(23)11-15(22)12-18(19)24/h2-12,20H,1H3. The Morgan fingerprint density at radius 2 is 1.41 bits per heavy atom. The first-order valence-electron chi connectivity index (χ1n) is 8.04. The second-order valence-corrected chi connectivity index (χ2v) is 5.71. The Bertz CT molecular complexity index is 918. The number of benzene rings is 3. The van der Waals surface area contributed by atoms with E-state index >= 15 is 0 Å². The largest absolute Gasteiger partial charge is 0.497 e. The minimum atomic E-state index is -1.32. The lowest BCUT2D eigenvalue weighted by Crippen LogP contribution is -2.16. The molecule has 138 valence electrons. The van der Waals surface area contributed by atoms with Crippen molar-refractivity contribution in [1.29, 1.82) is 0 Å². The summed E-state index contributed by atoms with van der Waals surface area (Å²) in [6.07, 6.45) is -0.909. The topological polar surface area (TPSA) is 35.5 Å². The first-order valence-corrected chi connectivity index (χ1v) is 8.04. The Labute approximate surface area is 154 Å². The molecule has 0 spiro atoms. The molecule has 27 heavy (non-hydrogen) atoms. The van der Waals surface area contributed by atoms with E-state index in [1.165, 1.54) is 7.11 Å². The van der Waals surface area contributed by atoms with Crippen LogP contribution in [-0.4, -0.2) is 13.1 Å². The van der Waals surface area contributed by atoms with E-state index in [-0.39, 0.29) is 0 Å². The van der Waals surface area contributed by atoms with Crippen molar-refractivity contribution in [2.45, 2.75) is 6.10 Å². The molecule has 0 aliphatic rings. The van der Waals surface area contributed by atoms with Gasteiger partial charge < -0.3 is 9.47 Å². The highest BCUT2D eigenvalue weighted by atomic mass is 19.1. The van der Waals surface area contributed by atoms with Gasteiger partial charge in [-0.3, -0.25) is 0 Å². The van der Waals surface area contributed by atoms with E-state index < -0.39 is 35.1 Å². The van der Waals surface area contributed by atoms with Crippen LogP contribution in [-0.2, 0) is 4.74 Å². The molecule has 0 saturated carbocycles. The summed E-state index contributed by atoms with van der Waals surface area (Å²) in [6.45, 7) is 0. The van der Waals surface area contributed by atoms with Crippen molar-refractivity contribution in [3.8, 4) is 5.75 Å². The highest BCUT2D eigenvalue weighted by Crippen LogP contribution is 2.29. The maximum absolute atomic E-state index is 13.9. The molecule has 1 unspecified atom stereocenters. The van der Waals surface area contributed by atoms with E-state index in [0.29, 0.717) is 29.0 Å². The minimum Gasteiger partial charge on any atom is -0.497 e. The molecule has 0 heterocycles. The number of methoxy groups -OCH3 is 1. The third-order valence-corrected chi connectivity index (χ3v) is 3.96. The number of rotatable bonds is 5. The molecule has 0 fully saturated rings. The van der Waals surface area contributed by atoms with Gasteiger partial charge in [0.25, 0.3) is 0 Å². The van der Waals surface area contributed by atoms with Crippen molar-refractivity contribution in [2.24, 2.45) is 0 Å². The van der Waals surface area contributed by atoms with Crippen molar-refractivity contribution in [3.63, 3.8) is 0 Å². The van der Waals surface area contributed by atoms with E-state index in [9.17, 15) is 18.0 Å². The second kappa shape index (κ2) is 7.95. The molecule has 0 aromatic heterocycles. The Morgan fingerprint density at radius 3 is 1.96 bits per heavy atom. The predicted molar refractivity (Wildman–Crippen MR) is 93.0 cm³/mol. The molecule has 0 aliphatic carbocycles. The molecule has 1 atom stereocenters. The van der Waals surface area contributed by atoms with Crippen LogP contribution in [0.3, 0.4) is 0 Å². The molecule has 3 aromatic rings. The Hall–Kier alpha value is -3.28. The summed E-state index contributed by atoms with van der Waals surface area (Å²) in [5.74, 6) is -4.38. The van der Waals surface area contributed by atoms with Crippen LogP contribution in [0.15, 0.2) is 66.7 Å². The number of esters is 1. The van der Waals surface area contributed by atoms with Gasteiger partial charge in [-0.1, -0.05) is 42.5 Å². The van der Waals surface area contributed by atoms with Gasteiger partial charge in [-0.25, -0.2) is 18.0 Å². The molecule has 3 nitrogen and oxygen atoms in total. The molecule has 0 bridgehead atoms. The lowest BCUT2D eigenvalue weighted by molar-refractivity contribution is 0.0366. The first kappa shape index (κ1) is 18.5. The fourth-order valence-corrected chi connectivity index (χ4v) is 2.64. The smallest absolute Gasteiger partial charge is 0.345 e. The summed E-state index contributed by atoms with van der Waals surface area (Å²) < 4.78 is 51.4. The normalized spacial score (nSPS) is 11.7. The first-order chi connectivity index (χ1) is 13.0. The fourth-order valence-electron chi connectivity index (χ4n) is 2.64. The van der Waals surface area contributed by atoms with E-state index in [1.54, 1.807) is 54.6 Å². The van der Waals surface area contributed by atoms with Crippen molar-refractivity contribution in [2.75, 3.05) is 7.11 Å². The van der Waals surface area contributed by atoms with Gasteiger partial charge in [0.1, 0.15) is 28.8 Å². The predicted octanol–water partition coefficient (Wildman–Crippen LogP) is 5.06. The van der Waals surface area contributed by atoms with Gasteiger partial charge in [0, 0.05) is 12.1 Å². The summed E-state index contributed by atoms with van der Waals surface area (Å²) in [5.41, 5.74) is 0.253. The Morgan fingerprint density at radius 1 is 0.852 bits per heavy atom. The van der Waals surface area contributed by atoms with Gasteiger partial charge in [-0.05, 0) is 23.3 Å². The zero-order valence-electron chi connectivity index (χ0n) is 14.3. The zero-order chi connectivity index (χ0) is 19.4. The number of ether oxygens (including phenoxy) is 2. The minimum absolute atomic E-state index is 0.435. The molecule has 0 aliphatic heterocycles. The molecular weight excluding hydrogens is 357 g/mol. The zero-order valence-corrected chi connectivity index (χ0v) is 14.3. The molecule has 0 amide bonds. The Kier molecular flexibility index (Phi) is 5.45. The number of carbonyl (C=O) groups is 1. The number of halogens is 3. The lowest BCUT2D eigenvalue weighted by Gasteiger charge is -2.19. The van der Waals surface area contributed by atoms with Crippen molar-refractivity contribution >= 4 is 5.97 Å². The van der Waals surface area contributed by atoms with Crippen LogP contribution in [0.2, 0.25) is 0 Å². The van der Waals surface area contributed by atoms with Gasteiger partial charge in [-0.15, -0.1) is 0 Å². The van der Waals surface area contributed by atoms with Crippen LogP contribution in [0.1, 0.15) is 27.6 Å². The summed E-state index contributed by atoms with van der Waals surface area (Å²) in [4.78, 5) is 12.4. The molecular formula is C21H15F3O3. The van der Waals surface area contributed by atoms with Gasteiger partial charge >= 0.3 is 5.97 Å². The summed E-state index contributed by atoms with van der Waals surface area (Å²) in [6, 6.07) is 16.3. The van der Waals surface area contributed by atoms with Crippen LogP contribution in [0, 0.1) is 17.5 Å². The van der Waals surface area contributed by atoms with Crippen LogP contribution in [0.25, 0.3) is 0 Å². The van der Waals surface area contributed by atoms with E-state index in [0.717, 1.165) is 0 Å². The molecule has 6 heteroatoms. The van der Waals surface area contributed by atoms with Gasteiger partial charge in [0.15, 0.2) is 6.10 Å². The van der Waals surface area contributed by atoms with Crippen LogP contribution < -0.4 is 4.74 Å². The van der Waals surface area contributed by atoms with E-state index in [2.05, 4.69) is 0 Å². The Balaban J connectivity index is 1.98.